The van der Waals surface area contributed by atoms with Gasteiger partial charge in [0.2, 0.25) is 0 Å². The summed E-state index contributed by atoms with van der Waals surface area (Å²) in [5.74, 6) is 0.698. The predicted molar refractivity (Wildman–Crippen MR) is 81.8 cm³/mol. The Labute approximate surface area is 129 Å². The molecule has 0 radical (unpaired) electrons. The third-order valence-electron chi connectivity index (χ3n) is 4.39. The fourth-order valence-corrected chi connectivity index (χ4v) is 3.04. The number of carbonyl (C=O) groups excluding carboxylic acids is 2. The zero-order chi connectivity index (χ0) is 15.6. The summed E-state index contributed by atoms with van der Waals surface area (Å²) in [4.78, 5) is 25.4. The Morgan fingerprint density at radius 1 is 1.27 bits per heavy atom. The Morgan fingerprint density at radius 3 is 2.68 bits per heavy atom. The Bertz CT molecular complexity index is 580. The van der Waals surface area contributed by atoms with Crippen molar-refractivity contribution in [3.8, 4) is 5.75 Å². The first-order valence-electron chi connectivity index (χ1n) is 7.63. The zero-order valence-electron chi connectivity index (χ0n) is 12.7. The van der Waals surface area contributed by atoms with Crippen molar-refractivity contribution in [2.45, 2.75) is 25.3 Å². The molecule has 0 bridgehead atoms. The van der Waals surface area contributed by atoms with E-state index in [4.69, 9.17) is 4.74 Å². The van der Waals surface area contributed by atoms with Crippen LogP contribution in [-0.2, 0) is 4.79 Å². The van der Waals surface area contributed by atoms with Gasteiger partial charge in [-0.3, -0.25) is 15.0 Å². The fraction of sp³-hybridized carbons (Fsp3) is 0.500. The van der Waals surface area contributed by atoms with Crippen molar-refractivity contribution >= 4 is 11.9 Å². The van der Waals surface area contributed by atoms with Crippen LogP contribution in [0.5, 0.6) is 5.75 Å². The SMILES string of the molecule is Cc1cccc(OCCN2CCC3(CC2)NC(=O)NC3=O)c1. The lowest BCUT2D eigenvalue weighted by molar-refractivity contribution is -0.125. The zero-order valence-corrected chi connectivity index (χ0v) is 12.7. The summed E-state index contributed by atoms with van der Waals surface area (Å²) in [6.45, 7) is 5.04. The standard InChI is InChI=1S/C16H21N3O3/c1-12-3-2-4-13(11-12)22-10-9-19-7-5-16(6-8-19)14(20)17-15(21)18-16/h2-4,11H,5-10H2,1H3,(H2,17,18,20,21). The lowest BCUT2D eigenvalue weighted by atomic mass is 9.88. The molecule has 0 aliphatic carbocycles. The highest BCUT2D eigenvalue weighted by atomic mass is 16.5. The number of ether oxygens (including phenoxy) is 1. The predicted octanol–water partition coefficient (Wildman–Crippen LogP) is 1.05. The number of amides is 3. The molecule has 1 spiro atoms. The van der Waals surface area contributed by atoms with Gasteiger partial charge in [0, 0.05) is 19.6 Å². The van der Waals surface area contributed by atoms with Crippen molar-refractivity contribution in [1.82, 2.24) is 15.5 Å². The summed E-state index contributed by atoms with van der Waals surface area (Å²) >= 11 is 0. The fourth-order valence-electron chi connectivity index (χ4n) is 3.04. The molecular formula is C16H21N3O3. The number of piperidine rings is 1. The van der Waals surface area contributed by atoms with Crippen molar-refractivity contribution in [3.63, 3.8) is 0 Å². The van der Waals surface area contributed by atoms with Crippen LogP contribution >= 0.6 is 0 Å². The monoisotopic (exact) mass is 303 g/mol. The van der Waals surface area contributed by atoms with Crippen molar-refractivity contribution < 1.29 is 14.3 Å². The van der Waals surface area contributed by atoms with E-state index in [-0.39, 0.29) is 11.9 Å². The lowest BCUT2D eigenvalue weighted by Gasteiger charge is -2.36. The van der Waals surface area contributed by atoms with Gasteiger partial charge in [-0.25, -0.2) is 4.79 Å². The molecule has 22 heavy (non-hydrogen) atoms. The van der Waals surface area contributed by atoms with E-state index in [9.17, 15) is 9.59 Å². The van der Waals surface area contributed by atoms with Gasteiger partial charge in [0.25, 0.3) is 5.91 Å². The van der Waals surface area contributed by atoms with E-state index in [0.29, 0.717) is 19.4 Å². The number of nitrogens with zero attached hydrogens (tertiary/aromatic N) is 1. The number of rotatable bonds is 4. The van der Waals surface area contributed by atoms with E-state index in [2.05, 4.69) is 15.5 Å². The summed E-state index contributed by atoms with van der Waals surface area (Å²) in [5, 5.41) is 5.10. The molecule has 118 valence electrons. The topological polar surface area (TPSA) is 70.7 Å². The van der Waals surface area contributed by atoms with Crippen molar-refractivity contribution in [3.05, 3.63) is 29.8 Å². The molecule has 2 heterocycles. The highest BCUT2D eigenvalue weighted by Crippen LogP contribution is 2.25. The number of urea groups is 1. The van der Waals surface area contributed by atoms with Gasteiger partial charge in [0.05, 0.1) is 0 Å². The average molecular weight is 303 g/mol. The van der Waals surface area contributed by atoms with Gasteiger partial charge in [-0.1, -0.05) is 12.1 Å². The number of aryl methyl sites for hydroxylation is 1. The van der Waals surface area contributed by atoms with Gasteiger partial charge in [-0.15, -0.1) is 0 Å². The minimum absolute atomic E-state index is 0.187. The van der Waals surface area contributed by atoms with Crippen LogP contribution in [0.1, 0.15) is 18.4 Å². The van der Waals surface area contributed by atoms with Crippen molar-refractivity contribution in [2.24, 2.45) is 0 Å². The number of hydrogen-bond donors (Lipinski definition) is 2. The van der Waals surface area contributed by atoms with Crippen LogP contribution in [0, 0.1) is 6.92 Å². The second kappa shape index (κ2) is 5.96. The molecule has 2 N–H and O–H groups in total. The maximum atomic E-state index is 11.9. The summed E-state index contributed by atoms with van der Waals surface area (Å²) in [7, 11) is 0. The number of imide groups is 1. The van der Waals surface area contributed by atoms with Gasteiger partial charge < -0.3 is 10.1 Å². The first kappa shape index (κ1) is 14.8. The molecule has 2 aliphatic rings. The van der Waals surface area contributed by atoms with Gasteiger partial charge >= 0.3 is 6.03 Å². The van der Waals surface area contributed by atoms with Gasteiger partial charge in [-0.2, -0.15) is 0 Å². The molecule has 2 aliphatic heterocycles. The third kappa shape index (κ3) is 3.06. The smallest absolute Gasteiger partial charge is 0.322 e. The number of hydrogen-bond acceptors (Lipinski definition) is 4. The first-order chi connectivity index (χ1) is 10.6. The van der Waals surface area contributed by atoms with E-state index in [1.807, 2.05) is 31.2 Å². The van der Waals surface area contributed by atoms with Crippen LogP contribution in [0.3, 0.4) is 0 Å². The molecule has 1 aromatic rings. The van der Waals surface area contributed by atoms with Crippen LogP contribution in [0.25, 0.3) is 0 Å². The molecule has 3 rings (SSSR count). The van der Waals surface area contributed by atoms with E-state index in [1.165, 1.54) is 5.56 Å². The molecule has 0 atom stereocenters. The lowest BCUT2D eigenvalue weighted by Crippen LogP contribution is -2.55. The van der Waals surface area contributed by atoms with Gasteiger partial charge in [0.15, 0.2) is 0 Å². The summed E-state index contributed by atoms with van der Waals surface area (Å²) in [6.07, 6.45) is 1.30. The minimum atomic E-state index is -0.690. The Kier molecular flexibility index (Phi) is 4.02. The van der Waals surface area contributed by atoms with E-state index in [1.54, 1.807) is 0 Å². The molecular weight excluding hydrogens is 282 g/mol. The van der Waals surface area contributed by atoms with Crippen LogP contribution < -0.4 is 15.4 Å². The summed E-state index contributed by atoms with van der Waals surface area (Å²) in [6, 6.07) is 7.62. The Morgan fingerprint density at radius 2 is 2.05 bits per heavy atom. The Balaban J connectivity index is 1.45. The maximum Gasteiger partial charge on any atom is 0.322 e. The normalized spacial score (nSPS) is 20.8. The second-order valence-electron chi connectivity index (χ2n) is 6.00. The van der Waals surface area contributed by atoms with Crippen LogP contribution in [0.4, 0.5) is 4.79 Å². The summed E-state index contributed by atoms with van der Waals surface area (Å²) in [5.41, 5.74) is 0.491. The molecule has 6 heteroatoms. The minimum Gasteiger partial charge on any atom is -0.492 e. The molecule has 0 aromatic heterocycles. The average Bonchev–Trinajstić information content (AvgIpc) is 2.75. The van der Waals surface area contributed by atoms with Crippen molar-refractivity contribution in [1.29, 1.82) is 0 Å². The van der Waals surface area contributed by atoms with Gasteiger partial charge in [0.1, 0.15) is 17.9 Å². The van der Waals surface area contributed by atoms with Crippen molar-refractivity contribution in [2.75, 3.05) is 26.2 Å². The number of benzene rings is 1. The van der Waals surface area contributed by atoms with E-state index < -0.39 is 5.54 Å². The van der Waals surface area contributed by atoms with Gasteiger partial charge in [-0.05, 0) is 37.5 Å². The van der Waals surface area contributed by atoms with Crippen LogP contribution in [0.2, 0.25) is 0 Å². The highest BCUT2D eigenvalue weighted by molar-refractivity contribution is 6.07. The highest BCUT2D eigenvalue weighted by Gasteiger charge is 2.47. The van der Waals surface area contributed by atoms with Crippen LogP contribution in [0.15, 0.2) is 24.3 Å². The first-order valence-corrected chi connectivity index (χ1v) is 7.63. The van der Waals surface area contributed by atoms with E-state index in [0.717, 1.165) is 25.4 Å². The second-order valence-corrected chi connectivity index (χ2v) is 6.00. The molecule has 3 amide bonds. The van der Waals surface area contributed by atoms with Crippen LogP contribution in [-0.4, -0.2) is 48.6 Å². The molecule has 0 unspecified atom stereocenters. The third-order valence-corrected chi connectivity index (χ3v) is 4.39. The molecule has 0 saturated carbocycles. The maximum absolute atomic E-state index is 11.9. The molecule has 2 saturated heterocycles. The summed E-state index contributed by atoms with van der Waals surface area (Å²) < 4.78 is 5.75. The molecule has 1 aromatic carbocycles. The van der Waals surface area contributed by atoms with E-state index >= 15 is 0 Å². The number of likely N-dealkylation sites (tertiary alicyclic amines) is 1. The molecule has 6 nitrogen and oxygen atoms in total. The Hall–Kier alpha value is -2.08. The number of carbonyl (C=O) groups is 2. The number of nitrogens with one attached hydrogen (secondary N) is 2. The largest absolute Gasteiger partial charge is 0.492 e. The quantitative estimate of drug-likeness (QED) is 0.816. The molecule has 2 fully saturated rings.